The number of benzene rings is 1. The highest BCUT2D eigenvalue weighted by molar-refractivity contribution is 6.31. The quantitative estimate of drug-likeness (QED) is 0.670. The molecule has 1 aromatic heterocycles. The standard InChI is InChI=1S/C14H15ClF2N4/c1-8(9-5-3-4-6-10(9)15)21(2)14-12(17)7-11(16)13(19-14)20-18/h3-8H,18H2,1-2H3,(H,19,20). The first kappa shape index (κ1) is 15.5. The van der Waals surface area contributed by atoms with Crippen molar-refractivity contribution in [1.29, 1.82) is 0 Å². The lowest BCUT2D eigenvalue weighted by molar-refractivity contribution is 0.566. The lowest BCUT2D eigenvalue weighted by atomic mass is 10.1. The normalized spacial score (nSPS) is 12.1. The van der Waals surface area contributed by atoms with Crippen molar-refractivity contribution in [3.05, 3.63) is 52.6 Å². The lowest BCUT2D eigenvalue weighted by Crippen LogP contribution is -2.25. The maximum absolute atomic E-state index is 13.9. The number of hydrogen-bond donors (Lipinski definition) is 2. The van der Waals surface area contributed by atoms with Crippen LogP contribution in [0.2, 0.25) is 5.02 Å². The van der Waals surface area contributed by atoms with Gasteiger partial charge in [-0.25, -0.2) is 19.6 Å². The fourth-order valence-electron chi connectivity index (χ4n) is 2.01. The van der Waals surface area contributed by atoms with Crippen molar-refractivity contribution in [2.24, 2.45) is 5.84 Å². The van der Waals surface area contributed by atoms with Gasteiger partial charge in [-0.05, 0) is 18.6 Å². The topological polar surface area (TPSA) is 54.2 Å². The molecule has 1 aromatic carbocycles. The Morgan fingerprint density at radius 2 is 1.95 bits per heavy atom. The van der Waals surface area contributed by atoms with Gasteiger partial charge in [0.05, 0.1) is 6.04 Å². The molecule has 0 aliphatic rings. The highest BCUT2D eigenvalue weighted by Gasteiger charge is 2.21. The third kappa shape index (κ3) is 3.06. The third-order valence-corrected chi connectivity index (χ3v) is 3.66. The summed E-state index contributed by atoms with van der Waals surface area (Å²) in [6, 6.07) is 7.73. The SMILES string of the molecule is CC(c1ccccc1Cl)N(C)c1nc(NN)c(F)cc1F. The summed E-state index contributed by atoms with van der Waals surface area (Å²) in [4.78, 5) is 5.43. The molecule has 1 atom stereocenters. The van der Waals surface area contributed by atoms with E-state index in [0.29, 0.717) is 5.02 Å². The average molecular weight is 313 g/mol. The number of nitrogens with two attached hydrogens (primary N) is 1. The first-order chi connectivity index (χ1) is 9.95. The minimum Gasteiger partial charge on any atom is -0.350 e. The number of rotatable bonds is 4. The van der Waals surface area contributed by atoms with Gasteiger partial charge in [0.1, 0.15) is 0 Å². The Balaban J connectivity index is 2.40. The zero-order valence-electron chi connectivity index (χ0n) is 11.6. The van der Waals surface area contributed by atoms with E-state index in [1.807, 2.05) is 25.1 Å². The fraction of sp³-hybridized carbons (Fsp3) is 0.214. The molecular weight excluding hydrogens is 298 g/mol. The Kier molecular flexibility index (Phi) is 4.59. The van der Waals surface area contributed by atoms with Crippen LogP contribution in [0.1, 0.15) is 18.5 Å². The highest BCUT2D eigenvalue weighted by Crippen LogP contribution is 2.31. The molecule has 0 saturated heterocycles. The van der Waals surface area contributed by atoms with E-state index in [0.717, 1.165) is 11.6 Å². The van der Waals surface area contributed by atoms with Gasteiger partial charge in [-0.1, -0.05) is 29.8 Å². The molecule has 0 radical (unpaired) electrons. The van der Waals surface area contributed by atoms with Gasteiger partial charge in [0.25, 0.3) is 0 Å². The first-order valence-electron chi connectivity index (χ1n) is 6.25. The van der Waals surface area contributed by atoms with Crippen molar-refractivity contribution in [2.75, 3.05) is 17.4 Å². The van der Waals surface area contributed by atoms with Gasteiger partial charge in [-0.3, -0.25) is 0 Å². The van der Waals surface area contributed by atoms with E-state index in [4.69, 9.17) is 17.4 Å². The molecule has 0 aliphatic carbocycles. The molecule has 0 spiro atoms. The van der Waals surface area contributed by atoms with Crippen molar-refractivity contribution in [3.8, 4) is 0 Å². The van der Waals surface area contributed by atoms with Crippen molar-refractivity contribution >= 4 is 23.2 Å². The number of nitrogens with zero attached hydrogens (tertiary/aromatic N) is 2. The van der Waals surface area contributed by atoms with Crippen LogP contribution in [0.3, 0.4) is 0 Å². The van der Waals surface area contributed by atoms with E-state index >= 15 is 0 Å². The molecule has 3 N–H and O–H groups in total. The Morgan fingerprint density at radius 1 is 1.29 bits per heavy atom. The molecule has 7 heteroatoms. The van der Waals surface area contributed by atoms with E-state index in [9.17, 15) is 8.78 Å². The van der Waals surface area contributed by atoms with Crippen molar-refractivity contribution < 1.29 is 8.78 Å². The van der Waals surface area contributed by atoms with Gasteiger partial charge < -0.3 is 10.3 Å². The number of nitrogens with one attached hydrogen (secondary N) is 1. The van der Waals surface area contributed by atoms with Gasteiger partial charge in [0.15, 0.2) is 23.3 Å². The van der Waals surface area contributed by atoms with Crippen molar-refractivity contribution in [2.45, 2.75) is 13.0 Å². The minimum absolute atomic E-state index is 0.0169. The van der Waals surface area contributed by atoms with E-state index < -0.39 is 11.6 Å². The van der Waals surface area contributed by atoms with Gasteiger partial charge in [-0.2, -0.15) is 0 Å². The summed E-state index contributed by atoms with van der Waals surface area (Å²) in [6.45, 7) is 1.85. The van der Waals surface area contributed by atoms with Crippen LogP contribution in [0.5, 0.6) is 0 Å². The lowest BCUT2D eigenvalue weighted by Gasteiger charge is -2.27. The molecule has 0 bridgehead atoms. The van der Waals surface area contributed by atoms with Gasteiger partial charge in [0, 0.05) is 18.1 Å². The van der Waals surface area contributed by atoms with Crippen LogP contribution >= 0.6 is 11.6 Å². The van der Waals surface area contributed by atoms with Crippen LogP contribution in [-0.4, -0.2) is 12.0 Å². The number of hydrogen-bond acceptors (Lipinski definition) is 4. The summed E-state index contributed by atoms with van der Waals surface area (Å²) in [6.07, 6.45) is 0. The van der Waals surface area contributed by atoms with Crippen LogP contribution in [0.25, 0.3) is 0 Å². The molecule has 0 amide bonds. The molecule has 2 rings (SSSR count). The number of anilines is 2. The number of nitrogen functional groups attached to an aromatic ring is 1. The Labute approximate surface area is 126 Å². The largest absolute Gasteiger partial charge is 0.350 e. The van der Waals surface area contributed by atoms with Crippen LogP contribution in [0.4, 0.5) is 20.4 Å². The van der Waals surface area contributed by atoms with Gasteiger partial charge in [0.2, 0.25) is 0 Å². The third-order valence-electron chi connectivity index (χ3n) is 3.32. The molecule has 1 heterocycles. The maximum Gasteiger partial charge on any atom is 0.178 e. The highest BCUT2D eigenvalue weighted by atomic mass is 35.5. The van der Waals surface area contributed by atoms with Crippen LogP contribution < -0.4 is 16.2 Å². The number of hydrazine groups is 1. The Bertz CT molecular complexity index is 651. The second-order valence-corrected chi connectivity index (χ2v) is 4.98. The minimum atomic E-state index is -0.849. The monoisotopic (exact) mass is 312 g/mol. The summed E-state index contributed by atoms with van der Waals surface area (Å²) in [5.41, 5.74) is 2.92. The van der Waals surface area contributed by atoms with Crippen LogP contribution in [-0.2, 0) is 0 Å². The number of halogens is 3. The predicted octanol–water partition coefficient (Wildman–Crippen LogP) is 3.50. The zero-order valence-corrected chi connectivity index (χ0v) is 12.3. The number of aromatic nitrogens is 1. The molecule has 21 heavy (non-hydrogen) atoms. The maximum atomic E-state index is 13.9. The van der Waals surface area contributed by atoms with E-state index in [2.05, 4.69) is 10.4 Å². The molecule has 112 valence electrons. The van der Waals surface area contributed by atoms with Crippen molar-refractivity contribution in [1.82, 2.24) is 4.98 Å². The zero-order chi connectivity index (χ0) is 15.6. The molecule has 4 nitrogen and oxygen atoms in total. The summed E-state index contributed by atoms with van der Waals surface area (Å²) < 4.78 is 27.3. The molecule has 0 aliphatic heterocycles. The molecule has 1 unspecified atom stereocenters. The summed E-state index contributed by atoms with van der Waals surface area (Å²) in [5, 5.41) is 0.566. The molecule has 0 saturated carbocycles. The van der Waals surface area contributed by atoms with Crippen LogP contribution in [0.15, 0.2) is 30.3 Å². The molecular formula is C14H15ClF2N4. The van der Waals surface area contributed by atoms with Crippen molar-refractivity contribution in [3.63, 3.8) is 0 Å². The first-order valence-corrected chi connectivity index (χ1v) is 6.63. The van der Waals surface area contributed by atoms with E-state index in [-0.39, 0.29) is 17.7 Å². The Morgan fingerprint density at radius 3 is 2.57 bits per heavy atom. The second kappa shape index (κ2) is 6.24. The average Bonchev–Trinajstić information content (AvgIpc) is 2.46. The Hall–Kier alpha value is -1.92. The summed E-state index contributed by atoms with van der Waals surface area (Å²) in [5.74, 6) is 3.31. The molecule has 2 aromatic rings. The van der Waals surface area contributed by atoms with Gasteiger partial charge in [-0.15, -0.1) is 0 Å². The summed E-state index contributed by atoms with van der Waals surface area (Å²) >= 11 is 6.14. The number of pyridine rings is 1. The van der Waals surface area contributed by atoms with Crippen LogP contribution in [0, 0.1) is 11.6 Å². The van der Waals surface area contributed by atoms with Gasteiger partial charge >= 0.3 is 0 Å². The van der Waals surface area contributed by atoms with E-state index in [1.165, 1.54) is 0 Å². The molecule has 0 fully saturated rings. The second-order valence-electron chi connectivity index (χ2n) is 4.58. The summed E-state index contributed by atoms with van der Waals surface area (Å²) in [7, 11) is 1.65. The smallest absolute Gasteiger partial charge is 0.178 e. The fourth-order valence-corrected chi connectivity index (χ4v) is 2.31. The predicted molar refractivity (Wildman–Crippen MR) is 80.2 cm³/mol. The van der Waals surface area contributed by atoms with E-state index in [1.54, 1.807) is 18.0 Å².